The monoisotopic (exact) mass is 251 g/mol. The van der Waals surface area contributed by atoms with Crippen LogP contribution in [0.15, 0.2) is 16.9 Å². The number of carbonyl (C=O) groups is 1. The molecule has 2 rings (SSSR count). The predicted molar refractivity (Wildman–Crippen MR) is 68.1 cm³/mol. The van der Waals surface area contributed by atoms with Gasteiger partial charge in [-0.3, -0.25) is 4.79 Å². The lowest BCUT2D eigenvalue weighted by atomic mass is 9.90. The first-order valence-electron chi connectivity index (χ1n) is 6.69. The summed E-state index contributed by atoms with van der Waals surface area (Å²) in [7, 11) is 0. The first kappa shape index (κ1) is 13.1. The van der Waals surface area contributed by atoms with Crippen LogP contribution in [0.2, 0.25) is 0 Å². The van der Waals surface area contributed by atoms with E-state index in [9.17, 15) is 4.79 Å². The number of nitrogens with zero attached hydrogens (tertiary/aromatic N) is 2. The van der Waals surface area contributed by atoms with Gasteiger partial charge in [-0.05, 0) is 32.1 Å². The Bertz CT molecular complexity index is 370. The average molecular weight is 251 g/mol. The summed E-state index contributed by atoms with van der Waals surface area (Å²) in [6.07, 6.45) is 6.36. The zero-order chi connectivity index (χ0) is 13.0. The van der Waals surface area contributed by atoms with Crippen LogP contribution in [0.4, 0.5) is 0 Å². The van der Waals surface area contributed by atoms with Crippen LogP contribution in [0, 0.1) is 0 Å². The molecule has 0 radical (unpaired) electrons. The maximum Gasteiger partial charge on any atom is 0.276 e. The van der Waals surface area contributed by atoms with Crippen molar-refractivity contribution < 1.29 is 9.32 Å². The molecule has 0 spiro atoms. The van der Waals surface area contributed by atoms with Gasteiger partial charge in [0.25, 0.3) is 5.91 Å². The molecule has 5 nitrogen and oxygen atoms in total. The van der Waals surface area contributed by atoms with Crippen molar-refractivity contribution >= 4 is 5.91 Å². The fourth-order valence-corrected chi connectivity index (χ4v) is 2.57. The Morgan fingerprint density at radius 2 is 2.22 bits per heavy atom. The van der Waals surface area contributed by atoms with Crippen molar-refractivity contribution in [1.29, 1.82) is 0 Å². The molecule has 0 bridgehead atoms. The zero-order valence-corrected chi connectivity index (χ0v) is 10.8. The number of hydrogen-bond acceptors (Lipinski definition) is 4. The fraction of sp³-hybridized carbons (Fsp3) is 0.692. The summed E-state index contributed by atoms with van der Waals surface area (Å²) in [5.74, 6) is -0.0222. The van der Waals surface area contributed by atoms with Gasteiger partial charge in [-0.1, -0.05) is 12.1 Å². The summed E-state index contributed by atoms with van der Waals surface area (Å²) in [4.78, 5) is 14.3. The molecule has 1 aliphatic rings. The first-order chi connectivity index (χ1) is 8.72. The minimum Gasteiger partial charge on any atom is -0.364 e. The van der Waals surface area contributed by atoms with Crippen molar-refractivity contribution in [1.82, 2.24) is 10.1 Å². The van der Waals surface area contributed by atoms with Gasteiger partial charge in [-0.15, -0.1) is 0 Å². The Morgan fingerprint density at radius 3 is 2.78 bits per heavy atom. The molecule has 1 heterocycles. The molecule has 5 heteroatoms. The SMILES string of the molecule is CCCN(C(=O)c1ccon1)C1CCC(N)CC1. The minimum atomic E-state index is -0.0222. The fourth-order valence-electron chi connectivity index (χ4n) is 2.57. The van der Waals surface area contributed by atoms with E-state index in [1.54, 1.807) is 6.07 Å². The Labute approximate surface area is 107 Å². The molecule has 0 unspecified atom stereocenters. The van der Waals surface area contributed by atoms with E-state index in [0.29, 0.717) is 17.8 Å². The maximum atomic E-state index is 12.3. The summed E-state index contributed by atoms with van der Waals surface area (Å²) >= 11 is 0. The van der Waals surface area contributed by atoms with Crippen molar-refractivity contribution in [2.75, 3.05) is 6.54 Å². The third-order valence-corrected chi connectivity index (χ3v) is 3.56. The van der Waals surface area contributed by atoms with E-state index < -0.39 is 0 Å². The van der Waals surface area contributed by atoms with Gasteiger partial charge in [0, 0.05) is 24.7 Å². The van der Waals surface area contributed by atoms with E-state index >= 15 is 0 Å². The molecule has 0 saturated heterocycles. The quantitative estimate of drug-likeness (QED) is 0.885. The first-order valence-corrected chi connectivity index (χ1v) is 6.69. The molecule has 100 valence electrons. The summed E-state index contributed by atoms with van der Waals surface area (Å²) < 4.78 is 4.75. The highest BCUT2D eigenvalue weighted by Gasteiger charge is 2.28. The normalized spacial score (nSPS) is 23.9. The lowest BCUT2D eigenvalue weighted by molar-refractivity contribution is 0.0616. The second-order valence-corrected chi connectivity index (χ2v) is 4.95. The van der Waals surface area contributed by atoms with Gasteiger partial charge in [-0.2, -0.15) is 0 Å². The van der Waals surface area contributed by atoms with E-state index in [1.807, 2.05) is 4.90 Å². The zero-order valence-electron chi connectivity index (χ0n) is 10.8. The number of aromatic nitrogens is 1. The van der Waals surface area contributed by atoms with Crippen LogP contribution in [-0.4, -0.2) is 34.6 Å². The number of rotatable bonds is 4. The summed E-state index contributed by atoms with van der Waals surface area (Å²) in [5, 5.41) is 3.74. The largest absolute Gasteiger partial charge is 0.364 e. The molecule has 1 fully saturated rings. The van der Waals surface area contributed by atoms with Crippen molar-refractivity contribution in [2.24, 2.45) is 5.73 Å². The molecule has 18 heavy (non-hydrogen) atoms. The Morgan fingerprint density at radius 1 is 1.50 bits per heavy atom. The second kappa shape index (κ2) is 6.00. The highest BCUT2D eigenvalue weighted by molar-refractivity contribution is 5.92. The van der Waals surface area contributed by atoms with Crippen molar-refractivity contribution in [3.05, 3.63) is 18.0 Å². The average Bonchev–Trinajstić information content (AvgIpc) is 2.90. The Kier molecular flexibility index (Phi) is 4.36. The lowest BCUT2D eigenvalue weighted by Gasteiger charge is -2.35. The highest BCUT2D eigenvalue weighted by atomic mass is 16.5. The third-order valence-electron chi connectivity index (χ3n) is 3.56. The van der Waals surface area contributed by atoms with Crippen molar-refractivity contribution in [2.45, 2.75) is 51.1 Å². The Balaban J connectivity index is 2.05. The molecule has 1 amide bonds. The molecule has 1 aromatic rings. The van der Waals surface area contributed by atoms with Gasteiger partial charge >= 0.3 is 0 Å². The molecule has 0 aromatic carbocycles. The van der Waals surface area contributed by atoms with E-state index in [4.69, 9.17) is 10.3 Å². The minimum absolute atomic E-state index is 0.0222. The van der Waals surface area contributed by atoms with Crippen LogP contribution in [0.1, 0.15) is 49.5 Å². The van der Waals surface area contributed by atoms with Crippen LogP contribution >= 0.6 is 0 Å². The van der Waals surface area contributed by atoms with Crippen LogP contribution in [0.25, 0.3) is 0 Å². The van der Waals surface area contributed by atoms with E-state index in [2.05, 4.69) is 12.1 Å². The molecule has 1 aromatic heterocycles. The van der Waals surface area contributed by atoms with Gasteiger partial charge in [0.05, 0.1) is 0 Å². The molecule has 2 N–H and O–H groups in total. The van der Waals surface area contributed by atoms with E-state index in [0.717, 1.165) is 38.6 Å². The van der Waals surface area contributed by atoms with Gasteiger partial charge < -0.3 is 15.2 Å². The molecule has 0 aliphatic heterocycles. The van der Waals surface area contributed by atoms with Crippen LogP contribution < -0.4 is 5.73 Å². The number of amides is 1. The van der Waals surface area contributed by atoms with Gasteiger partial charge in [0.1, 0.15) is 6.26 Å². The van der Waals surface area contributed by atoms with Crippen LogP contribution in [0.5, 0.6) is 0 Å². The lowest BCUT2D eigenvalue weighted by Crippen LogP contribution is -2.44. The molecule has 1 aliphatic carbocycles. The Hall–Kier alpha value is -1.36. The number of carbonyl (C=O) groups excluding carboxylic acids is 1. The topological polar surface area (TPSA) is 72.4 Å². The van der Waals surface area contributed by atoms with Crippen molar-refractivity contribution in [3.8, 4) is 0 Å². The third kappa shape index (κ3) is 2.90. The van der Waals surface area contributed by atoms with Crippen LogP contribution in [-0.2, 0) is 0 Å². The maximum absolute atomic E-state index is 12.3. The van der Waals surface area contributed by atoms with Gasteiger partial charge in [-0.25, -0.2) is 0 Å². The molecular weight excluding hydrogens is 230 g/mol. The summed E-state index contributed by atoms with van der Waals surface area (Å²) in [6.45, 7) is 2.85. The molecular formula is C13H21N3O2. The number of hydrogen-bond donors (Lipinski definition) is 1. The predicted octanol–water partition coefficient (Wildman–Crippen LogP) is 1.80. The highest BCUT2D eigenvalue weighted by Crippen LogP contribution is 2.23. The molecule has 1 saturated carbocycles. The van der Waals surface area contributed by atoms with Crippen LogP contribution in [0.3, 0.4) is 0 Å². The summed E-state index contributed by atoms with van der Waals surface area (Å²) in [5.41, 5.74) is 6.31. The van der Waals surface area contributed by atoms with E-state index in [1.165, 1.54) is 6.26 Å². The second-order valence-electron chi connectivity index (χ2n) is 4.95. The summed E-state index contributed by atoms with van der Waals surface area (Å²) in [6, 6.07) is 2.22. The standard InChI is InChI=1S/C13H21N3O2/c1-2-8-16(11-5-3-10(14)4-6-11)13(17)12-7-9-18-15-12/h7,9-11H,2-6,8,14H2,1H3. The smallest absolute Gasteiger partial charge is 0.276 e. The molecule has 0 atom stereocenters. The van der Waals surface area contributed by atoms with Crippen molar-refractivity contribution in [3.63, 3.8) is 0 Å². The van der Waals surface area contributed by atoms with Gasteiger partial charge in [0.2, 0.25) is 0 Å². The number of nitrogens with two attached hydrogens (primary N) is 1. The van der Waals surface area contributed by atoms with E-state index in [-0.39, 0.29) is 5.91 Å². The van der Waals surface area contributed by atoms with Gasteiger partial charge in [0.15, 0.2) is 5.69 Å².